The van der Waals surface area contributed by atoms with Crippen LogP contribution >= 0.6 is 50.7 Å². The summed E-state index contributed by atoms with van der Waals surface area (Å²) in [5, 5.41) is 1.19. The normalized spacial score (nSPS) is 11.2. The molecule has 7 heteroatoms. The molecule has 0 spiro atoms. The maximum Gasteiger partial charge on any atom is 0.164 e. The smallest absolute Gasteiger partial charge is 0.164 e. The highest BCUT2D eigenvalue weighted by Gasteiger charge is 2.16. The molecule has 0 aliphatic carbocycles. The Morgan fingerprint density at radius 3 is 2.71 bits per heavy atom. The van der Waals surface area contributed by atoms with Gasteiger partial charge < -0.3 is 0 Å². The molecule has 0 aliphatic rings. The monoisotopic (exact) mass is 403 g/mol. The molecule has 0 radical (unpaired) electrons. The third-order valence-corrected chi connectivity index (χ3v) is 4.30. The fourth-order valence-electron chi connectivity index (χ4n) is 2.15. The second kappa shape index (κ2) is 6.13. The molecular formula is C14H9BrCl3N3. The molecule has 108 valence electrons. The highest BCUT2D eigenvalue weighted by molar-refractivity contribution is 9.10. The second-order valence-electron chi connectivity index (χ2n) is 4.39. The van der Waals surface area contributed by atoms with Gasteiger partial charge in [-0.3, -0.25) is 4.57 Å². The highest BCUT2D eigenvalue weighted by Crippen LogP contribution is 2.29. The van der Waals surface area contributed by atoms with Crippen LogP contribution in [0.25, 0.3) is 16.9 Å². The van der Waals surface area contributed by atoms with E-state index in [0.29, 0.717) is 22.3 Å². The van der Waals surface area contributed by atoms with Crippen LogP contribution in [-0.4, -0.2) is 20.4 Å². The third-order valence-electron chi connectivity index (χ3n) is 3.00. The molecule has 0 saturated carbocycles. The molecule has 0 amide bonds. The molecule has 0 aliphatic heterocycles. The Hall–Kier alpha value is -0.810. The zero-order chi connectivity index (χ0) is 15.0. The van der Waals surface area contributed by atoms with Crippen molar-refractivity contribution in [2.75, 3.05) is 5.88 Å². The molecule has 0 atom stereocenters. The predicted octanol–water partition coefficient (Wildman–Crippen LogP) is 5.27. The minimum atomic E-state index is 0.467. The Labute approximate surface area is 145 Å². The number of nitrogens with zero attached hydrogens (tertiary/aromatic N) is 3. The SMILES string of the molecule is ClCCc1nc2cc(Cl)cnc2n1-c1cc(Cl)ccc1Br. The molecular weight excluding hydrogens is 396 g/mol. The molecule has 0 N–H and O–H groups in total. The quantitative estimate of drug-likeness (QED) is 0.556. The fraction of sp³-hybridized carbons (Fsp3) is 0.143. The Bertz CT molecular complexity index is 817. The first-order valence-electron chi connectivity index (χ1n) is 6.14. The lowest BCUT2D eigenvalue weighted by Crippen LogP contribution is -2.03. The summed E-state index contributed by atoms with van der Waals surface area (Å²) in [4.78, 5) is 8.97. The van der Waals surface area contributed by atoms with E-state index in [-0.39, 0.29) is 0 Å². The van der Waals surface area contributed by atoms with E-state index in [4.69, 9.17) is 34.8 Å². The summed E-state index contributed by atoms with van der Waals surface area (Å²) in [7, 11) is 0. The standard InChI is InChI=1S/C14H9BrCl3N3/c15-10-2-1-8(17)6-12(10)21-13(3-4-16)20-11-5-9(18)7-19-14(11)21/h1-2,5-7H,3-4H2. The van der Waals surface area contributed by atoms with Crippen molar-refractivity contribution < 1.29 is 0 Å². The molecule has 1 aromatic carbocycles. The van der Waals surface area contributed by atoms with Crippen LogP contribution in [0.1, 0.15) is 5.82 Å². The van der Waals surface area contributed by atoms with Crippen LogP contribution in [0.5, 0.6) is 0 Å². The number of halogens is 4. The molecule has 0 saturated heterocycles. The lowest BCUT2D eigenvalue weighted by atomic mass is 10.3. The second-order valence-corrected chi connectivity index (χ2v) is 6.50. The highest BCUT2D eigenvalue weighted by atomic mass is 79.9. The third kappa shape index (κ3) is 2.90. The van der Waals surface area contributed by atoms with Crippen molar-refractivity contribution in [2.24, 2.45) is 0 Å². The molecule has 0 unspecified atom stereocenters. The summed E-state index contributed by atoms with van der Waals surface area (Å²) in [5.74, 6) is 1.28. The average molecular weight is 406 g/mol. The van der Waals surface area contributed by atoms with Gasteiger partial charge in [0.25, 0.3) is 0 Å². The fourth-order valence-corrected chi connectivity index (χ4v) is 3.06. The summed E-state index contributed by atoms with van der Waals surface area (Å²) in [6, 6.07) is 7.36. The van der Waals surface area contributed by atoms with Crippen LogP contribution in [-0.2, 0) is 6.42 Å². The first-order valence-corrected chi connectivity index (χ1v) is 8.23. The van der Waals surface area contributed by atoms with E-state index in [9.17, 15) is 0 Å². The summed E-state index contributed by atoms with van der Waals surface area (Å²) in [6.45, 7) is 0. The van der Waals surface area contributed by atoms with E-state index < -0.39 is 0 Å². The van der Waals surface area contributed by atoms with Crippen LogP contribution in [0.2, 0.25) is 10.0 Å². The van der Waals surface area contributed by atoms with E-state index in [1.165, 1.54) is 0 Å². The zero-order valence-corrected chi connectivity index (χ0v) is 14.5. The van der Waals surface area contributed by atoms with Crippen molar-refractivity contribution in [3.63, 3.8) is 0 Å². The van der Waals surface area contributed by atoms with Gasteiger partial charge in [0.2, 0.25) is 0 Å². The Morgan fingerprint density at radius 2 is 1.95 bits per heavy atom. The minimum Gasteiger partial charge on any atom is -0.279 e. The van der Waals surface area contributed by atoms with Crippen LogP contribution in [0.3, 0.4) is 0 Å². The number of aryl methyl sites for hydroxylation is 1. The lowest BCUT2D eigenvalue weighted by Gasteiger charge is -2.10. The number of aromatic nitrogens is 3. The summed E-state index contributed by atoms with van der Waals surface area (Å²) < 4.78 is 2.85. The van der Waals surface area contributed by atoms with Gasteiger partial charge in [-0.2, -0.15) is 0 Å². The number of rotatable bonds is 3. The van der Waals surface area contributed by atoms with Gasteiger partial charge in [-0.25, -0.2) is 9.97 Å². The summed E-state index contributed by atoms with van der Waals surface area (Å²) in [6.07, 6.45) is 2.22. The maximum absolute atomic E-state index is 6.12. The van der Waals surface area contributed by atoms with Crippen LogP contribution in [0.4, 0.5) is 0 Å². The van der Waals surface area contributed by atoms with E-state index in [1.54, 1.807) is 12.3 Å². The molecule has 0 fully saturated rings. The van der Waals surface area contributed by atoms with Gasteiger partial charge in [0.15, 0.2) is 5.65 Å². The van der Waals surface area contributed by atoms with Crippen molar-refractivity contribution in [1.82, 2.24) is 14.5 Å². The van der Waals surface area contributed by atoms with Crippen LogP contribution in [0, 0.1) is 0 Å². The number of alkyl halides is 1. The van der Waals surface area contributed by atoms with Crippen LogP contribution in [0.15, 0.2) is 34.9 Å². The van der Waals surface area contributed by atoms with Crippen LogP contribution < -0.4 is 0 Å². The largest absolute Gasteiger partial charge is 0.279 e. The summed E-state index contributed by atoms with van der Waals surface area (Å²) in [5.41, 5.74) is 2.33. The Morgan fingerprint density at radius 1 is 1.14 bits per heavy atom. The van der Waals surface area contributed by atoms with Crippen molar-refractivity contribution in [2.45, 2.75) is 6.42 Å². The number of hydrogen-bond donors (Lipinski definition) is 0. The topological polar surface area (TPSA) is 30.7 Å². The summed E-state index contributed by atoms with van der Waals surface area (Å²) >= 11 is 21.5. The maximum atomic E-state index is 6.12. The molecule has 21 heavy (non-hydrogen) atoms. The average Bonchev–Trinajstić information content (AvgIpc) is 2.79. The first kappa shape index (κ1) is 15.1. The predicted molar refractivity (Wildman–Crippen MR) is 91.0 cm³/mol. The van der Waals surface area contributed by atoms with Crippen molar-refractivity contribution >= 4 is 61.9 Å². The van der Waals surface area contributed by atoms with E-state index in [2.05, 4.69) is 25.9 Å². The number of fused-ring (bicyclic) bond motifs is 1. The first-order chi connectivity index (χ1) is 10.1. The molecule has 3 rings (SSSR count). The van der Waals surface area contributed by atoms with Gasteiger partial charge in [0.05, 0.1) is 10.7 Å². The Balaban J connectivity index is 2.33. The molecule has 2 aromatic heterocycles. The van der Waals surface area contributed by atoms with Crippen molar-refractivity contribution in [3.8, 4) is 5.69 Å². The van der Waals surface area contributed by atoms with Crippen molar-refractivity contribution in [3.05, 3.63) is 50.8 Å². The van der Waals surface area contributed by atoms with Gasteiger partial charge in [-0.15, -0.1) is 11.6 Å². The Kier molecular flexibility index (Phi) is 4.41. The lowest BCUT2D eigenvalue weighted by molar-refractivity contribution is 0.902. The van der Waals surface area contributed by atoms with E-state index >= 15 is 0 Å². The van der Waals surface area contributed by atoms with Crippen molar-refractivity contribution in [1.29, 1.82) is 0 Å². The molecule has 0 bridgehead atoms. The van der Waals surface area contributed by atoms with Gasteiger partial charge in [-0.05, 0) is 40.2 Å². The minimum absolute atomic E-state index is 0.467. The van der Waals surface area contributed by atoms with Gasteiger partial charge >= 0.3 is 0 Å². The van der Waals surface area contributed by atoms with Gasteiger partial charge in [0.1, 0.15) is 11.3 Å². The molecule has 2 heterocycles. The molecule has 3 nitrogen and oxygen atoms in total. The van der Waals surface area contributed by atoms with Gasteiger partial charge in [0, 0.05) is 28.0 Å². The number of imidazole rings is 1. The van der Waals surface area contributed by atoms with Gasteiger partial charge in [-0.1, -0.05) is 23.2 Å². The number of pyridine rings is 1. The number of hydrogen-bond acceptors (Lipinski definition) is 2. The molecule has 3 aromatic rings. The zero-order valence-electron chi connectivity index (χ0n) is 10.7. The number of benzene rings is 1. The van der Waals surface area contributed by atoms with E-state index in [1.807, 2.05) is 22.8 Å². The van der Waals surface area contributed by atoms with E-state index in [0.717, 1.165) is 27.1 Å².